The highest BCUT2D eigenvalue weighted by Crippen LogP contribution is 2.36. The number of thiocarbonyl (C=S) groups is 1. The smallest absolute Gasteiger partial charge is 0.150 e. The van der Waals surface area contributed by atoms with Crippen LogP contribution >= 0.6 is 12.2 Å². The molecule has 5 heteroatoms. The summed E-state index contributed by atoms with van der Waals surface area (Å²) in [6.45, 7) is 2.14. The van der Waals surface area contributed by atoms with Gasteiger partial charge in [-0.3, -0.25) is 0 Å². The normalized spacial score (nSPS) is 14.6. The molecular weight excluding hydrogens is 439 g/mol. The summed E-state index contributed by atoms with van der Waals surface area (Å²) in [6, 6.07) is 12.6. The van der Waals surface area contributed by atoms with Gasteiger partial charge in [-0.15, -0.1) is 0 Å². The minimum Gasteiger partial charge on any atom is -0.206 e. The van der Waals surface area contributed by atoms with Gasteiger partial charge in [0.15, 0.2) is 5.82 Å². The molecule has 0 aromatic heterocycles. The molecule has 1 unspecified atom stereocenters. The number of benzene rings is 3. The van der Waals surface area contributed by atoms with Gasteiger partial charge < -0.3 is 0 Å². The van der Waals surface area contributed by atoms with Crippen LogP contribution in [0.2, 0.25) is 0 Å². The zero-order valence-electron chi connectivity index (χ0n) is 18.2. The van der Waals surface area contributed by atoms with Crippen molar-refractivity contribution in [3.8, 4) is 23.0 Å². The van der Waals surface area contributed by atoms with Gasteiger partial charge in [0, 0.05) is 11.1 Å². The third-order valence-corrected chi connectivity index (χ3v) is 6.15. The van der Waals surface area contributed by atoms with Gasteiger partial charge in [-0.05, 0) is 90.5 Å². The topological polar surface area (TPSA) is 12.4 Å². The van der Waals surface area contributed by atoms with Crippen LogP contribution in [0.25, 0.3) is 11.1 Å². The van der Waals surface area contributed by atoms with E-state index in [0.29, 0.717) is 34.6 Å². The number of halogens is 3. The number of aliphatic imine (C=N–C) groups is 1. The number of isothiocyanates is 1. The molecule has 0 N–H and O–H groups in total. The number of hydrogen-bond donors (Lipinski definition) is 0. The second kappa shape index (κ2) is 10.2. The molecule has 0 amide bonds. The average molecular weight is 462 g/mol. The van der Waals surface area contributed by atoms with Gasteiger partial charge in [0.1, 0.15) is 17.3 Å². The first-order valence-corrected chi connectivity index (χ1v) is 11.4. The second-order valence-corrected chi connectivity index (χ2v) is 8.46. The molecule has 1 nitrogen and oxygen atoms in total. The van der Waals surface area contributed by atoms with Crippen molar-refractivity contribution in [2.24, 2.45) is 10.9 Å². The van der Waals surface area contributed by atoms with Crippen LogP contribution in [0, 0.1) is 35.2 Å². The number of rotatable bonds is 4. The fourth-order valence-corrected chi connectivity index (χ4v) is 4.53. The van der Waals surface area contributed by atoms with E-state index in [0.717, 1.165) is 31.2 Å². The van der Waals surface area contributed by atoms with Crippen LogP contribution in [-0.4, -0.2) is 5.16 Å². The lowest BCUT2D eigenvalue weighted by molar-refractivity contribution is 0.412. The van der Waals surface area contributed by atoms with Crippen LogP contribution in [0.3, 0.4) is 0 Å². The molecule has 0 saturated heterocycles. The maximum absolute atomic E-state index is 15.3. The molecule has 0 spiro atoms. The quantitative estimate of drug-likeness (QED) is 0.219. The summed E-state index contributed by atoms with van der Waals surface area (Å²) in [5, 5.41) is 2.13. The molecule has 1 aliphatic rings. The Hall–Kier alpha value is -3.19. The van der Waals surface area contributed by atoms with E-state index in [9.17, 15) is 8.78 Å². The summed E-state index contributed by atoms with van der Waals surface area (Å²) in [7, 11) is 0. The molecule has 0 radical (unpaired) electrons. The van der Waals surface area contributed by atoms with Gasteiger partial charge >= 0.3 is 0 Å². The molecule has 166 valence electrons. The fourth-order valence-electron chi connectivity index (χ4n) is 4.43. The Labute approximate surface area is 197 Å². The predicted molar refractivity (Wildman–Crippen MR) is 129 cm³/mol. The highest BCUT2D eigenvalue weighted by atomic mass is 32.1. The monoisotopic (exact) mass is 461 g/mol. The van der Waals surface area contributed by atoms with Crippen molar-refractivity contribution in [1.29, 1.82) is 0 Å². The van der Waals surface area contributed by atoms with Gasteiger partial charge in [0.05, 0.1) is 10.7 Å². The molecule has 0 aliphatic heterocycles. The molecule has 4 rings (SSSR count). The molecule has 3 aromatic carbocycles. The lowest BCUT2D eigenvalue weighted by atomic mass is 9.80. The summed E-state index contributed by atoms with van der Waals surface area (Å²) in [6.07, 6.45) is 4.50. The number of nitrogens with zero attached hydrogens (tertiary/aromatic N) is 1. The lowest BCUT2D eigenvalue weighted by Crippen LogP contribution is -2.16. The van der Waals surface area contributed by atoms with E-state index in [1.165, 1.54) is 18.2 Å². The third-order valence-electron chi connectivity index (χ3n) is 6.06. The van der Waals surface area contributed by atoms with E-state index in [1.807, 2.05) is 0 Å². The van der Waals surface area contributed by atoms with Crippen LogP contribution in [0.1, 0.15) is 48.4 Å². The van der Waals surface area contributed by atoms with Crippen LogP contribution in [0.5, 0.6) is 0 Å². The highest BCUT2D eigenvalue weighted by Gasteiger charge is 2.25. The maximum atomic E-state index is 15.3. The Morgan fingerprint density at radius 1 is 0.970 bits per heavy atom. The first-order valence-electron chi connectivity index (χ1n) is 11.0. The first kappa shape index (κ1) is 23.0. The first-order chi connectivity index (χ1) is 16.0. The number of fused-ring (bicyclic) bond motifs is 1. The fraction of sp³-hybridized carbons (Fsp3) is 0.250. The van der Waals surface area contributed by atoms with E-state index < -0.39 is 17.5 Å². The summed E-state index contributed by atoms with van der Waals surface area (Å²) in [4.78, 5) is 3.64. The van der Waals surface area contributed by atoms with Gasteiger partial charge in [-0.2, -0.15) is 4.99 Å². The predicted octanol–water partition coefficient (Wildman–Crippen LogP) is 7.81. The van der Waals surface area contributed by atoms with Crippen molar-refractivity contribution in [3.05, 3.63) is 88.2 Å². The van der Waals surface area contributed by atoms with Crippen molar-refractivity contribution in [2.45, 2.75) is 39.0 Å². The van der Waals surface area contributed by atoms with Crippen LogP contribution in [-0.2, 0) is 12.8 Å². The van der Waals surface area contributed by atoms with Gasteiger partial charge in [0.2, 0.25) is 0 Å². The molecule has 3 aromatic rings. The molecular formula is C28H22F3NS. The van der Waals surface area contributed by atoms with Gasteiger partial charge in [-0.25, -0.2) is 13.2 Å². The SMILES string of the molecule is CCCC1CCc2c(cc(F)c(-c3ccc(C#Cc4ccc(N=C=S)c(F)c4)cc3)c2F)C1. The Morgan fingerprint density at radius 3 is 2.39 bits per heavy atom. The lowest BCUT2D eigenvalue weighted by Gasteiger charge is -2.26. The largest absolute Gasteiger partial charge is 0.206 e. The van der Waals surface area contributed by atoms with Gasteiger partial charge in [0.25, 0.3) is 0 Å². The van der Waals surface area contributed by atoms with Crippen LogP contribution in [0.4, 0.5) is 18.9 Å². The minimum absolute atomic E-state index is 0.0129. The summed E-state index contributed by atoms with van der Waals surface area (Å²) >= 11 is 4.49. The second-order valence-electron chi connectivity index (χ2n) is 8.28. The molecule has 1 aliphatic carbocycles. The molecule has 0 heterocycles. The standard InChI is InChI=1S/C28H22F3NS/c1-2-3-19-8-12-23-22(14-19)16-25(30)27(28(23)31)21-10-6-18(7-11-21)4-5-20-9-13-26(32-17-33)24(29)15-20/h6-7,9-11,13,15-16,19H,2-3,8,12,14H2,1H3. The Bertz CT molecular complexity index is 1300. The summed E-state index contributed by atoms with van der Waals surface area (Å²) < 4.78 is 44.1. The van der Waals surface area contributed by atoms with E-state index in [1.54, 1.807) is 30.3 Å². The zero-order chi connectivity index (χ0) is 23.4. The molecule has 1 atom stereocenters. The van der Waals surface area contributed by atoms with E-state index in [-0.39, 0.29) is 11.3 Å². The zero-order valence-corrected chi connectivity index (χ0v) is 19.0. The molecule has 0 bridgehead atoms. The average Bonchev–Trinajstić information content (AvgIpc) is 2.80. The molecule has 33 heavy (non-hydrogen) atoms. The summed E-state index contributed by atoms with van der Waals surface area (Å²) in [5.74, 6) is 4.81. The van der Waals surface area contributed by atoms with Crippen molar-refractivity contribution in [1.82, 2.24) is 0 Å². The Kier molecular flexibility index (Phi) is 7.08. The van der Waals surface area contributed by atoms with Crippen molar-refractivity contribution >= 4 is 23.1 Å². The molecule has 0 fully saturated rings. The highest BCUT2D eigenvalue weighted by molar-refractivity contribution is 7.78. The number of hydrogen-bond acceptors (Lipinski definition) is 2. The third kappa shape index (κ3) is 5.09. The van der Waals surface area contributed by atoms with E-state index in [4.69, 9.17) is 0 Å². The maximum Gasteiger partial charge on any atom is 0.150 e. The Balaban J connectivity index is 1.58. The van der Waals surface area contributed by atoms with E-state index in [2.05, 4.69) is 41.1 Å². The van der Waals surface area contributed by atoms with Crippen LogP contribution < -0.4 is 0 Å². The van der Waals surface area contributed by atoms with Crippen molar-refractivity contribution in [3.63, 3.8) is 0 Å². The molecule has 0 saturated carbocycles. The van der Waals surface area contributed by atoms with E-state index >= 15 is 4.39 Å². The van der Waals surface area contributed by atoms with Crippen LogP contribution in [0.15, 0.2) is 53.5 Å². The minimum atomic E-state index is -0.533. The van der Waals surface area contributed by atoms with Crippen molar-refractivity contribution < 1.29 is 13.2 Å². The van der Waals surface area contributed by atoms with Gasteiger partial charge in [-0.1, -0.05) is 43.7 Å². The summed E-state index contributed by atoms with van der Waals surface area (Å²) in [5.41, 5.74) is 3.17. The van der Waals surface area contributed by atoms with Crippen molar-refractivity contribution in [2.75, 3.05) is 0 Å². The Morgan fingerprint density at radius 2 is 1.70 bits per heavy atom.